The lowest BCUT2D eigenvalue weighted by molar-refractivity contribution is 0.244. The summed E-state index contributed by atoms with van der Waals surface area (Å²) in [6, 6.07) is 8.57. The maximum Gasteiger partial charge on any atom is 0.259 e. The summed E-state index contributed by atoms with van der Waals surface area (Å²) < 4.78 is 0. The molecule has 1 fully saturated rings. The number of aromatic amines is 1. The summed E-state index contributed by atoms with van der Waals surface area (Å²) in [5.74, 6) is 1.36. The van der Waals surface area contributed by atoms with Crippen LogP contribution in [-0.2, 0) is 13.0 Å². The molecule has 4 rings (SSSR count). The SMILES string of the molecule is CC[C@H](C)Cc1c(C)sc2nc(CN3CCN(c4ccccc4C)CC3)[nH]c(=O)c12. The van der Waals surface area contributed by atoms with Crippen molar-refractivity contribution < 1.29 is 0 Å². The molecule has 0 amide bonds. The first kappa shape index (κ1) is 21.1. The Bertz CT molecular complexity index is 1080. The largest absolute Gasteiger partial charge is 0.369 e. The summed E-state index contributed by atoms with van der Waals surface area (Å²) in [5.41, 5.74) is 3.87. The quantitative estimate of drug-likeness (QED) is 0.632. The zero-order valence-electron chi connectivity index (χ0n) is 18.5. The molecule has 1 aliphatic rings. The van der Waals surface area contributed by atoms with Gasteiger partial charge in [0.25, 0.3) is 5.56 Å². The summed E-state index contributed by atoms with van der Waals surface area (Å²) in [6.07, 6.45) is 2.07. The van der Waals surface area contributed by atoms with E-state index in [2.05, 4.69) is 66.7 Å². The minimum atomic E-state index is 0.0243. The van der Waals surface area contributed by atoms with E-state index in [9.17, 15) is 4.79 Å². The zero-order chi connectivity index (χ0) is 21.3. The van der Waals surface area contributed by atoms with Gasteiger partial charge in [0, 0.05) is 36.7 Å². The number of hydrogen-bond donors (Lipinski definition) is 1. The molecule has 1 saturated heterocycles. The monoisotopic (exact) mass is 424 g/mol. The number of para-hydroxylation sites is 1. The average molecular weight is 425 g/mol. The molecule has 2 aromatic heterocycles. The number of H-pyrrole nitrogens is 1. The van der Waals surface area contributed by atoms with Gasteiger partial charge in [0.15, 0.2) is 0 Å². The Morgan fingerprint density at radius 2 is 1.90 bits per heavy atom. The first-order valence-corrected chi connectivity index (χ1v) is 11.8. The van der Waals surface area contributed by atoms with Gasteiger partial charge in [0.2, 0.25) is 0 Å². The van der Waals surface area contributed by atoms with Crippen molar-refractivity contribution in [3.63, 3.8) is 0 Å². The maximum absolute atomic E-state index is 12.9. The van der Waals surface area contributed by atoms with E-state index in [0.29, 0.717) is 12.5 Å². The lowest BCUT2D eigenvalue weighted by Crippen LogP contribution is -2.46. The van der Waals surface area contributed by atoms with Gasteiger partial charge in [-0.1, -0.05) is 38.5 Å². The van der Waals surface area contributed by atoms with Crippen molar-refractivity contribution in [3.8, 4) is 0 Å². The Morgan fingerprint density at radius 3 is 2.60 bits per heavy atom. The zero-order valence-corrected chi connectivity index (χ0v) is 19.3. The van der Waals surface area contributed by atoms with Gasteiger partial charge in [0.1, 0.15) is 10.7 Å². The van der Waals surface area contributed by atoms with E-state index in [0.717, 1.165) is 55.1 Å². The van der Waals surface area contributed by atoms with E-state index in [-0.39, 0.29) is 5.56 Å². The lowest BCUT2D eigenvalue weighted by atomic mass is 9.98. The number of piperazine rings is 1. The predicted octanol–water partition coefficient (Wildman–Crippen LogP) is 4.51. The molecule has 0 aliphatic carbocycles. The molecular formula is C24H32N4OS. The third-order valence-corrected chi connectivity index (χ3v) is 7.40. The van der Waals surface area contributed by atoms with Crippen LogP contribution in [0, 0.1) is 19.8 Å². The van der Waals surface area contributed by atoms with Crippen LogP contribution in [0.25, 0.3) is 10.2 Å². The van der Waals surface area contributed by atoms with Crippen molar-refractivity contribution in [1.82, 2.24) is 14.9 Å². The molecule has 0 unspecified atom stereocenters. The summed E-state index contributed by atoms with van der Waals surface area (Å²) in [7, 11) is 0. The molecule has 3 heterocycles. The number of benzene rings is 1. The topological polar surface area (TPSA) is 52.2 Å². The van der Waals surface area contributed by atoms with Crippen molar-refractivity contribution >= 4 is 27.2 Å². The highest BCUT2D eigenvalue weighted by Gasteiger charge is 2.21. The maximum atomic E-state index is 12.9. The smallest absolute Gasteiger partial charge is 0.259 e. The normalized spacial score (nSPS) is 16.3. The molecule has 6 heteroatoms. The van der Waals surface area contributed by atoms with Gasteiger partial charge < -0.3 is 9.88 Å². The summed E-state index contributed by atoms with van der Waals surface area (Å²) in [6.45, 7) is 13.4. The number of aryl methyl sites for hydroxylation is 2. The number of thiophene rings is 1. The van der Waals surface area contributed by atoms with Gasteiger partial charge in [-0.3, -0.25) is 9.69 Å². The molecular weight excluding hydrogens is 392 g/mol. The predicted molar refractivity (Wildman–Crippen MR) is 127 cm³/mol. The molecule has 1 atom stereocenters. The average Bonchev–Trinajstić information content (AvgIpc) is 3.04. The van der Waals surface area contributed by atoms with E-state index >= 15 is 0 Å². The molecule has 5 nitrogen and oxygen atoms in total. The fourth-order valence-corrected chi connectivity index (χ4v) is 5.38. The van der Waals surface area contributed by atoms with Gasteiger partial charge in [-0.25, -0.2) is 4.98 Å². The van der Waals surface area contributed by atoms with Gasteiger partial charge in [-0.2, -0.15) is 0 Å². The molecule has 0 spiro atoms. The van der Waals surface area contributed by atoms with E-state index in [1.807, 2.05) is 0 Å². The highest BCUT2D eigenvalue weighted by molar-refractivity contribution is 7.18. The Balaban J connectivity index is 1.47. The Labute approximate surface area is 182 Å². The number of nitrogens with zero attached hydrogens (tertiary/aromatic N) is 3. The number of anilines is 1. The number of fused-ring (bicyclic) bond motifs is 1. The summed E-state index contributed by atoms with van der Waals surface area (Å²) in [5, 5.41) is 0.811. The van der Waals surface area contributed by atoms with Crippen LogP contribution in [-0.4, -0.2) is 41.0 Å². The molecule has 1 N–H and O–H groups in total. The first-order valence-electron chi connectivity index (χ1n) is 11.0. The first-order chi connectivity index (χ1) is 14.5. The summed E-state index contributed by atoms with van der Waals surface area (Å²) in [4.78, 5) is 27.8. The number of nitrogens with one attached hydrogen (secondary N) is 1. The third-order valence-electron chi connectivity index (χ3n) is 6.36. The Kier molecular flexibility index (Phi) is 6.25. The van der Waals surface area contributed by atoms with E-state index in [4.69, 9.17) is 4.98 Å². The second-order valence-electron chi connectivity index (χ2n) is 8.60. The molecule has 0 bridgehead atoms. The second-order valence-corrected chi connectivity index (χ2v) is 9.80. The molecule has 0 radical (unpaired) electrons. The standard InChI is InChI=1S/C24H32N4OS/c1-5-16(2)14-19-18(4)30-24-22(19)23(29)25-21(26-24)15-27-10-12-28(13-11-27)20-9-7-6-8-17(20)3/h6-9,16H,5,10-15H2,1-4H3,(H,25,26,29)/t16-/m0/s1. The van der Waals surface area contributed by atoms with E-state index in [1.54, 1.807) is 11.3 Å². The fourth-order valence-electron chi connectivity index (χ4n) is 4.31. The van der Waals surface area contributed by atoms with Crippen LogP contribution >= 0.6 is 11.3 Å². The molecule has 3 aromatic rings. The van der Waals surface area contributed by atoms with Crippen LogP contribution in [0.1, 0.15) is 42.1 Å². The van der Waals surface area contributed by atoms with Crippen molar-refractivity contribution in [2.24, 2.45) is 5.92 Å². The third kappa shape index (κ3) is 4.30. The van der Waals surface area contributed by atoms with E-state index < -0.39 is 0 Å². The molecule has 160 valence electrons. The highest BCUT2D eigenvalue weighted by atomic mass is 32.1. The van der Waals surface area contributed by atoms with Gasteiger partial charge in [0.05, 0.1) is 11.9 Å². The minimum absolute atomic E-state index is 0.0243. The molecule has 1 aromatic carbocycles. The van der Waals surface area contributed by atoms with Gasteiger partial charge >= 0.3 is 0 Å². The van der Waals surface area contributed by atoms with Gasteiger partial charge in [-0.05, 0) is 43.4 Å². The number of rotatable bonds is 6. The number of aromatic nitrogens is 2. The van der Waals surface area contributed by atoms with Gasteiger partial charge in [-0.15, -0.1) is 11.3 Å². The van der Waals surface area contributed by atoms with Crippen molar-refractivity contribution in [3.05, 3.63) is 56.4 Å². The van der Waals surface area contributed by atoms with Crippen LogP contribution in [0.2, 0.25) is 0 Å². The van der Waals surface area contributed by atoms with Crippen LogP contribution in [0.15, 0.2) is 29.1 Å². The molecule has 1 aliphatic heterocycles. The van der Waals surface area contributed by atoms with Crippen molar-refractivity contribution in [2.45, 2.75) is 47.1 Å². The van der Waals surface area contributed by atoms with E-state index in [1.165, 1.54) is 21.7 Å². The Hall–Kier alpha value is -2.18. The van der Waals surface area contributed by atoms with Crippen LogP contribution in [0.5, 0.6) is 0 Å². The second kappa shape index (κ2) is 8.90. The summed E-state index contributed by atoms with van der Waals surface area (Å²) >= 11 is 1.66. The minimum Gasteiger partial charge on any atom is -0.369 e. The van der Waals surface area contributed by atoms with Crippen LogP contribution in [0.4, 0.5) is 5.69 Å². The highest BCUT2D eigenvalue weighted by Crippen LogP contribution is 2.29. The molecule has 30 heavy (non-hydrogen) atoms. The molecule has 0 saturated carbocycles. The van der Waals surface area contributed by atoms with Crippen LogP contribution < -0.4 is 10.5 Å². The lowest BCUT2D eigenvalue weighted by Gasteiger charge is -2.36. The number of hydrogen-bond acceptors (Lipinski definition) is 5. The van der Waals surface area contributed by atoms with Crippen LogP contribution in [0.3, 0.4) is 0 Å². The Morgan fingerprint density at radius 1 is 1.17 bits per heavy atom. The fraction of sp³-hybridized carbons (Fsp3) is 0.500. The van der Waals surface area contributed by atoms with Crippen molar-refractivity contribution in [2.75, 3.05) is 31.1 Å². The van der Waals surface area contributed by atoms with Crippen molar-refractivity contribution in [1.29, 1.82) is 0 Å².